The Labute approximate surface area is 218 Å². The third-order valence-electron chi connectivity index (χ3n) is 6.28. The van der Waals surface area contributed by atoms with Gasteiger partial charge in [-0.1, -0.05) is 23.7 Å². The number of likely N-dealkylation sites (N-methyl/N-ethyl adjacent to an activating group) is 1. The van der Waals surface area contributed by atoms with E-state index in [1.165, 1.54) is 0 Å². The highest BCUT2D eigenvalue weighted by Crippen LogP contribution is 2.33. The van der Waals surface area contributed by atoms with Crippen molar-refractivity contribution in [2.45, 2.75) is 59.2 Å². The highest BCUT2D eigenvalue weighted by molar-refractivity contribution is 6.30. The molecule has 1 saturated heterocycles. The fraction of sp³-hybridized carbons (Fsp3) is 0.577. The Morgan fingerprint density at radius 3 is 2.39 bits per heavy atom. The fourth-order valence-corrected chi connectivity index (χ4v) is 4.77. The van der Waals surface area contributed by atoms with Gasteiger partial charge in [0.05, 0.1) is 18.2 Å². The van der Waals surface area contributed by atoms with Crippen LogP contribution in [0.3, 0.4) is 0 Å². The zero-order chi connectivity index (χ0) is 26.6. The minimum atomic E-state index is -0.650. The molecule has 2 atom stereocenters. The molecule has 2 heterocycles. The Hall–Kier alpha value is -2.78. The molecular formula is C26H38ClN5O4. The van der Waals surface area contributed by atoms with Crippen LogP contribution in [0.15, 0.2) is 35.5 Å². The van der Waals surface area contributed by atoms with Crippen molar-refractivity contribution >= 4 is 29.6 Å². The van der Waals surface area contributed by atoms with Gasteiger partial charge in [0.25, 0.3) is 0 Å². The van der Waals surface area contributed by atoms with Crippen molar-refractivity contribution < 1.29 is 19.1 Å². The van der Waals surface area contributed by atoms with Crippen LogP contribution >= 0.6 is 11.6 Å². The van der Waals surface area contributed by atoms with Crippen molar-refractivity contribution in [2.24, 2.45) is 0 Å². The highest BCUT2D eigenvalue weighted by atomic mass is 35.5. The molecular weight excluding hydrogens is 482 g/mol. The number of carbonyl (C=O) groups excluding carboxylic acids is 3. The molecule has 198 valence electrons. The van der Waals surface area contributed by atoms with Gasteiger partial charge in [-0.15, -0.1) is 0 Å². The molecule has 3 rings (SSSR count). The molecule has 1 fully saturated rings. The molecule has 0 saturated carbocycles. The molecule has 1 aromatic rings. The number of benzene rings is 1. The topological polar surface area (TPSA) is 94.2 Å². The number of carbonyl (C=O) groups is 3. The van der Waals surface area contributed by atoms with Gasteiger partial charge in [-0.2, -0.15) is 0 Å². The lowest BCUT2D eigenvalue weighted by atomic mass is 9.94. The van der Waals surface area contributed by atoms with E-state index in [4.69, 9.17) is 16.3 Å². The summed E-state index contributed by atoms with van der Waals surface area (Å²) in [6.07, 6.45) is 0. The molecule has 0 spiro atoms. The van der Waals surface area contributed by atoms with Crippen LogP contribution in [0.5, 0.6) is 0 Å². The van der Waals surface area contributed by atoms with E-state index in [1.54, 1.807) is 36.1 Å². The largest absolute Gasteiger partial charge is 0.463 e. The maximum atomic E-state index is 13.2. The molecule has 36 heavy (non-hydrogen) atoms. The number of halogens is 1. The predicted octanol–water partition coefficient (Wildman–Crippen LogP) is 3.76. The van der Waals surface area contributed by atoms with Gasteiger partial charge in [-0.05, 0) is 59.2 Å². The minimum absolute atomic E-state index is 0.0349. The first-order chi connectivity index (χ1) is 16.9. The highest BCUT2D eigenvalue weighted by Gasteiger charge is 2.39. The number of rotatable bonds is 6. The first-order valence-corrected chi connectivity index (χ1v) is 12.9. The van der Waals surface area contributed by atoms with Crippen LogP contribution in [-0.4, -0.2) is 83.6 Å². The number of hydrogen-bond acceptors (Lipinski definition) is 5. The number of piperazine rings is 1. The first kappa shape index (κ1) is 27.8. The molecule has 2 aliphatic heterocycles. The number of esters is 1. The lowest BCUT2D eigenvalue weighted by molar-refractivity contribution is -0.139. The second kappa shape index (κ2) is 11.5. The fourth-order valence-electron chi connectivity index (χ4n) is 4.65. The van der Waals surface area contributed by atoms with Crippen LogP contribution < -0.4 is 10.6 Å². The van der Waals surface area contributed by atoms with E-state index in [-0.39, 0.29) is 30.2 Å². The van der Waals surface area contributed by atoms with Gasteiger partial charge < -0.3 is 20.3 Å². The van der Waals surface area contributed by atoms with Crippen LogP contribution in [0.4, 0.5) is 9.59 Å². The summed E-state index contributed by atoms with van der Waals surface area (Å²) in [7, 11) is 0. The zero-order valence-corrected chi connectivity index (χ0v) is 22.8. The van der Waals surface area contributed by atoms with E-state index in [9.17, 15) is 14.4 Å². The van der Waals surface area contributed by atoms with E-state index < -0.39 is 12.0 Å². The minimum Gasteiger partial charge on any atom is -0.463 e. The SMILES string of the molecule is CCOC(=O)C1=C(CN2CCN(C(=O)NC(C)(C)C)[C@H](C)C2)N(CC)C(=O)N[C@@H]1c1ccc(Cl)cc1. The number of ether oxygens (including phenoxy) is 1. The van der Waals surface area contributed by atoms with Gasteiger partial charge in [0, 0.05) is 55.0 Å². The maximum absolute atomic E-state index is 13.2. The average Bonchev–Trinajstić information content (AvgIpc) is 2.78. The second-order valence-electron chi connectivity index (χ2n) is 10.2. The summed E-state index contributed by atoms with van der Waals surface area (Å²) in [4.78, 5) is 44.7. The summed E-state index contributed by atoms with van der Waals surface area (Å²) >= 11 is 6.08. The summed E-state index contributed by atoms with van der Waals surface area (Å²) in [6, 6.07) is 6.05. The van der Waals surface area contributed by atoms with Crippen molar-refractivity contribution in [3.05, 3.63) is 46.1 Å². The molecule has 0 bridgehead atoms. The summed E-state index contributed by atoms with van der Waals surface area (Å²) in [6.45, 7) is 14.3. The Balaban J connectivity index is 1.92. The van der Waals surface area contributed by atoms with Gasteiger partial charge in [0.1, 0.15) is 0 Å². The Morgan fingerprint density at radius 1 is 1.17 bits per heavy atom. The molecule has 9 nitrogen and oxygen atoms in total. The number of urea groups is 2. The van der Waals surface area contributed by atoms with E-state index in [0.29, 0.717) is 49.0 Å². The lowest BCUT2D eigenvalue weighted by Gasteiger charge is -2.43. The normalized spacial score (nSPS) is 21.4. The summed E-state index contributed by atoms with van der Waals surface area (Å²) in [5, 5.41) is 6.57. The lowest BCUT2D eigenvalue weighted by Crippen LogP contribution is -2.59. The Kier molecular flexibility index (Phi) is 8.89. The number of nitrogens with zero attached hydrogens (tertiary/aromatic N) is 3. The van der Waals surface area contributed by atoms with Gasteiger partial charge >= 0.3 is 18.0 Å². The number of hydrogen-bond donors (Lipinski definition) is 2. The van der Waals surface area contributed by atoms with Crippen molar-refractivity contribution in [3.8, 4) is 0 Å². The molecule has 2 N–H and O–H groups in total. The van der Waals surface area contributed by atoms with Gasteiger partial charge in [-0.25, -0.2) is 14.4 Å². The molecule has 2 aliphatic rings. The monoisotopic (exact) mass is 519 g/mol. The quantitative estimate of drug-likeness (QED) is 0.558. The molecule has 4 amide bonds. The van der Waals surface area contributed by atoms with Gasteiger partial charge in [-0.3, -0.25) is 9.80 Å². The molecule has 0 unspecified atom stereocenters. The van der Waals surface area contributed by atoms with E-state index in [0.717, 1.165) is 5.56 Å². The van der Waals surface area contributed by atoms with E-state index >= 15 is 0 Å². The van der Waals surface area contributed by atoms with Crippen molar-refractivity contribution in [1.29, 1.82) is 0 Å². The molecule has 0 aliphatic carbocycles. The summed E-state index contributed by atoms with van der Waals surface area (Å²) in [5.74, 6) is -0.456. The molecule has 10 heteroatoms. The second-order valence-corrected chi connectivity index (χ2v) is 10.7. The average molecular weight is 520 g/mol. The van der Waals surface area contributed by atoms with Gasteiger partial charge in [0.2, 0.25) is 0 Å². The van der Waals surface area contributed by atoms with Crippen molar-refractivity contribution in [2.75, 3.05) is 39.3 Å². The predicted molar refractivity (Wildman–Crippen MR) is 140 cm³/mol. The number of amides is 4. The van der Waals surface area contributed by atoms with Crippen LogP contribution in [-0.2, 0) is 9.53 Å². The van der Waals surface area contributed by atoms with E-state index in [1.807, 2.05) is 39.5 Å². The smallest absolute Gasteiger partial charge is 0.338 e. The third-order valence-corrected chi connectivity index (χ3v) is 6.53. The van der Waals surface area contributed by atoms with Crippen LogP contribution in [0.1, 0.15) is 53.1 Å². The number of nitrogens with one attached hydrogen (secondary N) is 2. The van der Waals surface area contributed by atoms with Crippen molar-refractivity contribution in [3.63, 3.8) is 0 Å². The molecule has 0 radical (unpaired) electrons. The first-order valence-electron chi connectivity index (χ1n) is 12.5. The maximum Gasteiger partial charge on any atom is 0.338 e. The molecule has 0 aromatic heterocycles. The Morgan fingerprint density at radius 2 is 1.83 bits per heavy atom. The van der Waals surface area contributed by atoms with Crippen molar-refractivity contribution in [1.82, 2.24) is 25.3 Å². The summed E-state index contributed by atoms with van der Waals surface area (Å²) < 4.78 is 5.44. The van der Waals surface area contributed by atoms with Crippen LogP contribution in [0.2, 0.25) is 5.02 Å². The summed E-state index contributed by atoms with van der Waals surface area (Å²) in [5.41, 5.74) is 1.47. The molecule has 1 aromatic carbocycles. The third kappa shape index (κ3) is 6.50. The van der Waals surface area contributed by atoms with Crippen LogP contribution in [0, 0.1) is 0 Å². The Bertz CT molecular complexity index is 1000. The zero-order valence-electron chi connectivity index (χ0n) is 22.1. The van der Waals surface area contributed by atoms with E-state index in [2.05, 4.69) is 15.5 Å². The van der Waals surface area contributed by atoms with Crippen LogP contribution in [0.25, 0.3) is 0 Å². The standard InChI is InChI=1S/C26H38ClN5O4/c1-7-31-20(16-30-13-14-32(17(3)15-30)25(35)29-26(4,5)6)21(23(33)36-8-2)22(28-24(31)34)18-9-11-19(27)12-10-18/h9-12,17,22H,7-8,13-16H2,1-6H3,(H,28,34)(H,29,35)/t17-,22-/m1/s1. The van der Waals surface area contributed by atoms with Gasteiger partial charge in [0.15, 0.2) is 0 Å².